The summed E-state index contributed by atoms with van der Waals surface area (Å²) in [6, 6.07) is 9.55. The Bertz CT molecular complexity index is 1380. The Kier molecular flexibility index (Phi) is 5.26. The number of thioether (sulfide) groups is 1. The molecule has 1 aliphatic rings. The minimum atomic E-state index is -0.238. The minimum absolute atomic E-state index is 0.106. The minimum Gasteiger partial charge on any atom is -0.352 e. The van der Waals surface area contributed by atoms with Crippen LogP contribution in [0.5, 0.6) is 0 Å². The van der Waals surface area contributed by atoms with Crippen LogP contribution in [0.2, 0.25) is 0 Å². The third-order valence-corrected chi connectivity index (χ3v) is 6.84. The molecule has 4 aromatic rings. The van der Waals surface area contributed by atoms with Crippen LogP contribution in [0.4, 0.5) is 0 Å². The number of hydrogen-bond donors (Lipinski definition) is 1. The van der Waals surface area contributed by atoms with Gasteiger partial charge in [-0.1, -0.05) is 23.9 Å². The van der Waals surface area contributed by atoms with Gasteiger partial charge < -0.3 is 5.32 Å². The van der Waals surface area contributed by atoms with E-state index in [9.17, 15) is 9.59 Å². The molecule has 4 heterocycles. The summed E-state index contributed by atoms with van der Waals surface area (Å²) < 4.78 is 3.35. The summed E-state index contributed by atoms with van der Waals surface area (Å²) in [5, 5.41) is 8.42. The van der Waals surface area contributed by atoms with E-state index < -0.39 is 0 Å². The largest absolute Gasteiger partial charge is 0.352 e. The van der Waals surface area contributed by atoms with Crippen molar-refractivity contribution >= 4 is 28.7 Å². The quantitative estimate of drug-likeness (QED) is 0.474. The van der Waals surface area contributed by atoms with Crippen molar-refractivity contribution < 1.29 is 4.79 Å². The van der Waals surface area contributed by atoms with Crippen molar-refractivity contribution in [1.82, 2.24) is 29.6 Å². The van der Waals surface area contributed by atoms with E-state index in [0.29, 0.717) is 28.5 Å². The number of aryl methyl sites for hydroxylation is 2. The highest BCUT2D eigenvalue weighted by molar-refractivity contribution is 7.99. The molecular weight excluding hydrogens is 424 g/mol. The van der Waals surface area contributed by atoms with E-state index in [1.54, 1.807) is 27.8 Å². The number of amides is 1. The van der Waals surface area contributed by atoms with Crippen LogP contribution < -0.4 is 10.9 Å². The Morgan fingerprint density at radius 3 is 2.88 bits per heavy atom. The number of pyridine rings is 1. The molecule has 0 fully saturated rings. The maximum Gasteiger partial charge on any atom is 0.265 e. The Labute approximate surface area is 188 Å². The molecule has 0 spiro atoms. The Hall–Kier alpha value is -3.46. The number of carbonyl (C=O) groups is 1. The lowest BCUT2D eigenvalue weighted by Crippen LogP contribution is -2.30. The fourth-order valence-corrected chi connectivity index (χ4v) is 4.95. The first-order valence-corrected chi connectivity index (χ1v) is 11.4. The molecule has 1 N–H and O–H groups in total. The van der Waals surface area contributed by atoms with Gasteiger partial charge in [-0.25, -0.2) is 9.67 Å². The zero-order chi connectivity index (χ0) is 22.2. The van der Waals surface area contributed by atoms with Crippen LogP contribution in [0.15, 0.2) is 58.9 Å². The van der Waals surface area contributed by atoms with Crippen molar-refractivity contribution in [3.63, 3.8) is 0 Å². The van der Waals surface area contributed by atoms with E-state index in [4.69, 9.17) is 4.98 Å². The number of benzene rings is 1. The number of carbonyl (C=O) groups excluding carboxylic acids is 1. The van der Waals surface area contributed by atoms with Gasteiger partial charge in [0.2, 0.25) is 5.91 Å². The molecule has 1 aromatic carbocycles. The Morgan fingerprint density at radius 1 is 1.22 bits per heavy atom. The van der Waals surface area contributed by atoms with Gasteiger partial charge in [-0.15, -0.1) is 0 Å². The molecule has 0 radical (unpaired) electrons. The number of aromatic nitrogens is 5. The third kappa shape index (κ3) is 3.69. The normalized spacial score (nSPS) is 15.1. The lowest BCUT2D eigenvalue weighted by Gasteiger charge is -2.13. The monoisotopic (exact) mass is 446 g/mol. The van der Waals surface area contributed by atoms with Crippen LogP contribution in [0.1, 0.15) is 29.2 Å². The van der Waals surface area contributed by atoms with E-state index in [2.05, 4.69) is 22.3 Å². The zero-order valence-corrected chi connectivity index (χ0v) is 18.6. The molecular formula is C23H22N6O2S. The van der Waals surface area contributed by atoms with E-state index in [0.717, 1.165) is 16.8 Å². The molecule has 1 unspecified atom stereocenters. The van der Waals surface area contributed by atoms with Crippen LogP contribution in [0.25, 0.3) is 16.7 Å². The highest BCUT2D eigenvalue weighted by Crippen LogP contribution is 2.33. The molecule has 32 heavy (non-hydrogen) atoms. The maximum absolute atomic E-state index is 13.3. The van der Waals surface area contributed by atoms with Gasteiger partial charge in [-0.3, -0.25) is 19.1 Å². The number of hydrogen-bond acceptors (Lipinski definition) is 6. The van der Waals surface area contributed by atoms with Gasteiger partial charge in [-0.05, 0) is 48.7 Å². The lowest BCUT2D eigenvalue weighted by molar-refractivity contribution is -0.121. The van der Waals surface area contributed by atoms with Crippen LogP contribution in [-0.2, 0) is 11.3 Å². The zero-order valence-electron chi connectivity index (χ0n) is 17.8. The van der Waals surface area contributed by atoms with Crippen molar-refractivity contribution in [2.45, 2.75) is 38.0 Å². The molecule has 1 aliphatic heterocycles. The van der Waals surface area contributed by atoms with Gasteiger partial charge in [0.15, 0.2) is 10.8 Å². The van der Waals surface area contributed by atoms with Crippen molar-refractivity contribution in [2.75, 3.05) is 5.75 Å². The van der Waals surface area contributed by atoms with Gasteiger partial charge >= 0.3 is 0 Å². The van der Waals surface area contributed by atoms with E-state index in [1.165, 1.54) is 17.3 Å². The highest BCUT2D eigenvalue weighted by Gasteiger charge is 2.29. The van der Waals surface area contributed by atoms with Crippen molar-refractivity contribution in [3.05, 3.63) is 76.0 Å². The fourth-order valence-electron chi connectivity index (χ4n) is 3.82. The van der Waals surface area contributed by atoms with E-state index in [-0.39, 0.29) is 23.9 Å². The van der Waals surface area contributed by atoms with Crippen molar-refractivity contribution in [3.8, 4) is 5.69 Å². The number of nitrogens with zero attached hydrogens (tertiary/aromatic N) is 5. The molecule has 1 amide bonds. The molecule has 0 saturated heterocycles. The number of rotatable bonds is 5. The molecule has 9 heteroatoms. The van der Waals surface area contributed by atoms with E-state index >= 15 is 0 Å². The summed E-state index contributed by atoms with van der Waals surface area (Å²) >= 11 is 1.50. The highest BCUT2D eigenvalue weighted by atomic mass is 32.2. The predicted octanol–water partition coefficient (Wildman–Crippen LogP) is 2.95. The Balaban J connectivity index is 1.41. The summed E-state index contributed by atoms with van der Waals surface area (Å²) in [7, 11) is 0. The van der Waals surface area contributed by atoms with Crippen LogP contribution in [0.3, 0.4) is 0 Å². The average molecular weight is 447 g/mol. The molecule has 8 nitrogen and oxygen atoms in total. The second kappa shape index (κ2) is 8.23. The molecule has 0 bridgehead atoms. The van der Waals surface area contributed by atoms with Gasteiger partial charge in [-0.2, -0.15) is 5.10 Å². The molecule has 1 atom stereocenters. The van der Waals surface area contributed by atoms with Gasteiger partial charge in [0.25, 0.3) is 5.56 Å². The molecule has 5 rings (SSSR count). The summed E-state index contributed by atoms with van der Waals surface area (Å²) in [6.07, 6.45) is 5.20. The molecule has 3 aromatic heterocycles. The molecule has 0 saturated carbocycles. The third-order valence-electron chi connectivity index (χ3n) is 5.74. The second-order valence-electron chi connectivity index (χ2n) is 7.94. The first-order chi connectivity index (χ1) is 15.5. The van der Waals surface area contributed by atoms with Crippen LogP contribution in [-0.4, -0.2) is 36.0 Å². The van der Waals surface area contributed by atoms with Crippen molar-refractivity contribution in [2.24, 2.45) is 0 Å². The predicted molar refractivity (Wildman–Crippen MR) is 123 cm³/mol. The fraction of sp³-hybridized carbons (Fsp3) is 0.261. The maximum atomic E-state index is 13.3. The SMILES string of the molecule is Cc1ccc(-n2ncc3c(=O)n4c(nc32)SCC4CC(=O)NCc2cccnc2)cc1C. The van der Waals surface area contributed by atoms with Crippen LogP contribution >= 0.6 is 11.8 Å². The topological polar surface area (TPSA) is 94.7 Å². The molecule has 0 aliphatic carbocycles. The summed E-state index contributed by atoms with van der Waals surface area (Å²) in [5.41, 5.74) is 4.53. The van der Waals surface area contributed by atoms with Gasteiger partial charge in [0.1, 0.15) is 5.39 Å². The smallest absolute Gasteiger partial charge is 0.265 e. The molecule has 162 valence electrons. The van der Waals surface area contributed by atoms with Crippen LogP contribution in [0, 0.1) is 13.8 Å². The standard InChI is InChI=1S/C23H22N6O2S/c1-14-5-6-17(8-15(14)2)29-21-19(12-26-29)22(31)28-18(13-32-23(28)27-21)9-20(30)25-11-16-4-3-7-24-10-16/h3-8,10,12,18H,9,11,13H2,1-2H3,(H,25,30). The first-order valence-electron chi connectivity index (χ1n) is 10.4. The Morgan fingerprint density at radius 2 is 2.09 bits per heavy atom. The van der Waals surface area contributed by atoms with Gasteiger partial charge in [0.05, 0.1) is 17.9 Å². The summed E-state index contributed by atoms with van der Waals surface area (Å²) in [6.45, 7) is 4.51. The number of fused-ring (bicyclic) bond motifs is 2. The van der Waals surface area contributed by atoms with Crippen molar-refractivity contribution in [1.29, 1.82) is 0 Å². The van der Waals surface area contributed by atoms with E-state index in [1.807, 2.05) is 37.3 Å². The average Bonchev–Trinajstić information content (AvgIpc) is 3.40. The first kappa shape index (κ1) is 20.4. The summed E-state index contributed by atoms with van der Waals surface area (Å²) in [5.74, 6) is 0.525. The van der Waals surface area contributed by atoms with Gasteiger partial charge in [0, 0.05) is 31.1 Å². The summed E-state index contributed by atoms with van der Waals surface area (Å²) in [4.78, 5) is 34.6. The lowest BCUT2D eigenvalue weighted by atomic mass is 10.1. The number of nitrogens with one attached hydrogen (secondary N) is 1. The second-order valence-corrected chi connectivity index (χ2v) is 8.93.